The standard InChI is InChI=1S/C12H14BrClN2O/c13-12-10-6-16(7-11(10)17-15-12)5-8-1-3-9(14)4-2-8/h1-4,10-12,15H,5-7H2/t10-,11?,12?/m1/s1. The molecule has 5 heteroatoms. The predicted octanol–water partition coefficient (Wildman–Crippen LogP) is 2.40. The van der Waals surface area contributed by atoms with E-state index in [0.29, 0.717) is 12.0 Å². The van der Waals surface area contributed by atoms with Gasteiger partial charge in [-0.3, -0.25) is 9.74 Å². The summed E-state index contributed by atoms with van der Waals surface area (Å²) in [6.45, 7) is 3.02. The van der Waals surface area contributed by atoms with Crippen LogP contribution in [0.25, 0.3) is 0 Å². The Labute approximate surface area is 114 Å². The number of hydrogen-bond donors (Lipinski definition) is 1. The van der Waals surface area contributed by atoms with Crippen molar-refractivity contribution in [2.45, 2.75) is 17.6 Å². The Bertz CT molecular complexity index is 400. The van der Waals surface area contributed by atoms with Crippen LogP contribution < -0.4 is 5.48 Å². The smallest absolute Gasteiger partial charge is 0.0981 e. The van der Waals surface area contributed by atoms with Crippen molar-refractivity contribution in [1.29, 1.82) is 0 Å². The van der Waals surface area contributed by atoms with Crippen LogP contribution in [0, 0.1) is 5.92 Å². The van der Waals surface area contributed by atoms with Crippen LogP contribution in [0.4, 0.5) is 0 Å². The van der Waals surface area contributed by atoms with Crippen LogP contribution in [0.2, 0.25) is 5.02 Å². The number of halogens is 2. The second kappa shape index (κ2) is 4.86. The van der Waals surface area contributed by atoms with Gasteiger partial charge in [-0.2, -0.15) is 5.48 Å². The lowest BCUT2D eigenvalue weighted by Gasteiger charge is -2.17. The van der Waals surface area contributed by atoms with E-state index < -0.39 is 0 Å². The maximum atomic E-state index is 5.88. The van der Waals surface area contributed by atoms with E-state index in [1.807, 2.05) is 12.1 Å². The number of alkyl halides is 1. The minimum absolute atomic E-state index is 0.280. The molecule has 0 amide bonds. The summed E-state index contributed by atoms with van der Waals surface area (Å²) in [4.78, 5) is 8.22. The molecular weight excluding hydrogens is 304 g/mol. The van der Waals surface area contributed by atoms with E-state index in [1.54, 1.807) is 0 Å². The van der Waals surface area contributed by atoms with Crippen LogP contribution >= 0.6 is 27.5 Å². The van der Waals surface area contributed by atoms with Gasteiger partial charge >= 0.3 is 0 Å². The molecule has 2 aliphatic rings. The maximum Gasteiger partial charge on any atom is 0.0981 e. The molecule has 0 aliphatic carbocycles. The Balaban J connectivity index is 1.62. The molecule has 3 nitrogen and oxygen atoms in total. The molecule has 0 spiro atoms. The third-order valence-corrected chi connectivity index (χ3v) is 4.53. The summed E-state index contributed by atoms with van der Waals surface area (Å²) in [5, 5.41) is 0.792. The second-order valence-corrected chi connectivity index (χ2v) is 6.08. The first-order valence-electron chi connectivity index (χ1n) is 5.74. The highest BCUT2D eigenvalue weighted by Crippen LogP contribution is 2.31. The minimum Gasteiger partial charge on any atom is -0.296 e. The normalized spacial score (nSPS) is 32.9. The molecule has 2 fully saturated rings. The van der Waals surface area contributed by atoms with Crippen molar-refractivity contribution in [1.82, 2.24) is 10.4 Å². The van der Waals surface area contributed by atoms with Crippen molar-refractivity contribution in [2.75, 3.05) is 13.1 Å². The molecule has 2 saturated heterocycles. The van der Waals surface area contributed by atoms with Gasteiger partial charge in [0.15, 0.2) is 0 Å². The van der Waals surface area contributed by atoms with E-state index in [0.717, 1.165) is 24.7 Å². The summed E-state index contributed by atoms with van der Waals surface area (Å²) in [6.07, 6.45) is 0.312. The fourth-order valence-corrected chi connectivity index (χ4v) is 3.24. The van der Waals surface area contributed by atoms with E-state index in [2.05, 4.69) is 38.4 Å². The maximum absolute atomic E-state index is 5.88. The highest BCUT2D eigenvalue weighted by Gasteiger charge is 2.42. The molecule has 1 N–H and O–H groups in total. The molecule has 0 aromatic heterocycles. The summed E-state index contributed by atoms with van der Waals surface area (Å²) < 4.78 is 0. The van der Waals surface area contributed by atoms with Crippen LogP contribution in [0.15, 0.2) is 24.3 Å². The summed E-state index contributed by atoms with van der Waals surface area (Å²) in [7, 11) is 0. The zero-order chi connectivity index (χ0) is 11.8. The van der Waals surface area contributed by atoms with Crippen molar-refractivity contribution in [2.24, 2.45) is 5.92 Å². The fraction of sp³-hybridized carbons (Fsp3) is 0.500. The molecule has 0 bridgehead atoms. The van der Waals surface area contributed by atoms with Gasteiger partial charge in [-0.25, -0.2) is 0 Å². The number of fused-ring (bicyclic) bond motifs is 1. The van der Waals surface area contributed by atoms with Gasteiger partial charge in [0.2, 0.25) is 0 Å². The molecule has 1 aromatic carbocycles. The number of nitrogens with one attached hydrogen (secondary N) is 1. The van der Waals surface area contributed by atoms with Crippen molar-refractivity contribution in [3.8, 4) is 0 Å². The molecule has 3 atom stereocenters. The highest BCUT2D eigenvalue weighted by molar-refractivity contribution is 9.09. The number of rotatable bonds is 2. The lowest BCUT2D eigenvalue weighted by molar-refractivity contribution is 0.0257. The van der Waals surface area contributed by atoms with Crippen LogP contribution in [0.1, 0.15) is 5.56 Å². The van der Waals surface area contributed by atoms with E-state index in [-0.39, 0.29) is 4.95 Å². The molecule has 2 unspecified atom stereocenters. The summed E-state index contributed by atoms with van der Waals surface area (Å²) in [5.74, 6) is 0.544. The largest absolute Gasteiger partial charge is 0.296 e. The van der Waals surface area contributed by atoms with Gasteiger partial charge < -0.3 is 0 Å². The zero-order valence-electron chi connectivity index (χ0n) is 9.27. The molecule has 17 heavy (non-hydrogen) atoms. The van der Waals surface area contributed by atoms with E-state index in [1.165, 1.54) is 5.56 Å². The van der Waals surface area contributed by atoms with Gasteiger partial charge in [0.25, 0.3) is 0 Å². The third-order valence-electron chi connectivity index (χ3n) is 3.41. The molecule has 2 heterocycles. The molecule has 0 saturated carbocycles. The quantitative estimate of drug-likeness (QED) is 0.669. The lowest BCUT2D eigenvalue weighted by Crippen LogP contribution is -2.28. The van der Waals surface area contributed by atoms with Gasteiger partial charge in [-0.1, -0.05) is 39.7 Å². The Kier molecular flexibility index (Phi) is 3.41. The van der Waals surface area contributed by atoms with Crippen molar-refractivity contribution >= 4 is 27.5 Å². The molecule has 92 valence electrons. The molecule has 3 rings (SSSR count). The molecule has 0 radical (unpaired) electrons. The molecule has 2 aliphatic heterocycles. The molecular formula is C12H14BrClN2O. The van der Waals surface area contributed by atoms with Crippen LogP contribution in [-0.2, 0) is 11.4 Å². The average molecular weight is 318 g/mol. The van der Waals surface area contributed by atoms with E-state index >= 15 is 0 Å². The first-order chi connectivity index (χ1) is 8.22. The first kappa shape index (κ1) is 11.9. The highest BCUT2D eigenvalue weighted by atomic mass is 79.9. The van der Waals surface area contributed by atoms with Crippen molar-refractivity contribution in [3.63, 3.8) is 0 Å². The Hall–Kier alpha value is -0.130. The minimum atomic E-state index is 0.280. The SMILES string of the molecule is Clc1ccc(CN2CC3ONC(Br)[C@@H]3C2)cc1. The van der Waals surface area contributed by atoms with Gasteiger partial charge in [0.05, 0.1) is 11.1 Å². The number of benzene rings is 1. The number of hydrogen-bond acceptors (Lipinski definition) is 3. The summed E-state index contributed by atoms with van der Waals surface area (Å²) in [5.41, 5.74) is 4.29. The summed E-state index contributed by atoms with van der Waals surface area (Å²) >= 11 is 9.46. The van der Waals surface area contributed by atoms with E-state index in [4.69, 9.17) is 16.4 Å². The monoisotopic (exact) mass is 316 g/mol. The zero-order valence-corrected chi connectivity index (χ0v) is 11.6. The van der Waals surface area contributed by atoms with Crippen LogP contribution in [0.5, 0.6) is 0 Å². The Morgan fingerprint density at radius 2 is 2.12 bits per heavy atom. The molecule has 1 aromatic rings. The Morgan fingerprint density at radius 3 is 2.82 bits per heavy atom. The van der Waals surface area contributed by atoms with Crippen LogP contribution in [-0.4, -0.2) is 29.0 Å². The van der Waals surface area contributed by atoms with Gasteiger partial charge in [0, 0.05) is 30.6 Å². The summed E-state index contributed by atoms with van der Waals surface area (Å²) in [6, 6.07) is 8.06. The van der Waals surface area contributed by atoms with E-state index in [9.17, 15) is 0 Å². The lowest BCUT2D eigenvalue weighted by atomic mass is 10.1. The Morgan fingerprint density at radius 1 is 1.35 bits per heavy atom. The average Bonchev–Trinajstić information content (AvgIpc) is 2.85. The third kappa shape index (κ3) is 2.51. The van der Waals surface area contributed by atoms with Crippen molar-refractivity contribution in [3.05, 3.63) is 34.9 Å². The topological polar surface area (TPSA) is 24.5 Å². The van der Waals surface area contributed by atoms with Crippen LogP contribution in [0.3, 0.4) is 0 Å². The van der Waals surface area contributed by atoms with Gasteiger partial charge in [0.1, 0.15) is 0 Å². The number of hydroxylamine groups is 1. The predicted molar refractivity (Wildman–Crippen MR) is 70.9 cm³/mol. The number of likely N-dealkylation sites (tertiary alicyclic amines) is 1. The fourth-order valence-electron chi connectivity index (χ4n) is 2.50. The van der Waals surface area contributed by atoms with Gasteiger partial charge in [-0.15, -0.1) is 0 Å². The van der Waals surface area contributed by atoms with Crippen molar-refractivity contribution < 1.29 is 4.84 Å². The van der Waals surface area contributed by atoms with Gasteiger partial charge in [-0.05, 0) is 17.7 Å². The number of nitrogens with zero attached hydrogens (tertiary/aromatic N) is 1. The second-order valence-electron chi connectivity index (χ2n) is 4.66. The first-order valence-corrected chi connectivity index (χ1v) is 7.04.